The topological polar surface area (TPSA) is 60.0 Å². The monoisotopic (exact) mass is 393 g/mol. The molecule has 1 saturated heterocycles. The van der Waals surface area contributed by atoms with E-state index in [1.165, 1.54) is 5.69 Å². The van der Waals surface area contributed by atoms with E-state index >= 15 is 0 Å². The summed E-state index contributed by atoms with van der Waals surface area (Å²) in [6.45, 7) is 4.16. The van der Waals surface area contributed by atoms with E-state index in [2.05, 4.69) is 22.0 Å². The van der Waals surface area contributed by atoms with E-state index in [-0.39, 0.29) is 11.9 Å². The molecular formula is C22H27N5O2. The van der Waals surface area contributed by atoms with Gasteiger partial charge in [0.15, 0.2) is 0 Å². The zero-order chi connectivity index (χ0) is 20.4. The van der Waals surface area contributed by atoms with Gasteiger partial charge in [0.05, 0.1) is 5.56 Å². The number of rotatable bonds is 2. The molecule has 4 rings (SSSR count). The molecule has 3 amide bonds. The fraction of sp³-hybridized carbons (Fsp3) is 0.409. The Morgan fingerprint density at radius 1 is 0.931 bits per heavy atom. The summed E-state index contributed by atoms with van der Waals surface area (Å²) >= 11 is 0. The molecule has 0 spiro atoms. The molecule has 3 heterocycles. The lowest BCUT2D eigenvalue weighted by Gasteiger charge is -2.37. The molecule has 0 unspecified atom stereocenters. The minimum Gasteiger partial charge on any atom is -0.368 e. The molecule has 7 heteroatoms. The minimum atomic E-state index is -0.00980. The number of urea groups is 1. The summed E-state index contributed by atoms with van der Waals surface area (Å²) in [4.78, 5) is 37.4. The second-order valence-electron chi connectivity index (χ2n) is 7.79. The van der Waals surface area contributed by atoms with Crippen molar-refractivity contribution >= 4 is 17.6 Å². The summed E-state index contributed by atoms with van der Waals surface area (Å²) in [6.07, 6.45) is 4.16. The third-order valence-electron chi connectivity index (χ3n) is 5.71. The van der Waals surface area contributed by atoms with Crippen LogP contribution in [0, 0.1) is 0 Å². The van der Waals surface area contributed by atoms with Crippen LogP contribution in [0.15, 0.2) is 42.7 Å². The summed E-state index contributed by atoms with van der Waals surface area (Å²) in [5, 5.41) is 0. The van der Waals surface area contributed by atoms with E-state index in [1.54, 1.807) is 36.3 Å². The normalized spacial score (nSPS) is 16.4. The van der Waals surface area contributed by atoms with Crippen molar-refractivity contribution in [2.24, 2.45) is 0 Å². The van der Waals surface area contributed by atoms with Crippen LogP contribution in [0.1, 0.15) is 21.5 Å². The molecule has 152 valence electrons. The highest BCUT2D eigenvalue weighted by molar-refractivity contribution is 5.96. The number of fused-ring (bicyclic) bond motifs is 1. The number of aromatic nitrogens is 1. The molecule has 1 aromatic heterocycles. The van der Waals surface area contributed by atoms with Gasteiger partial charge in [-0.2, -0.15) is 0 Å². The number of carbonyl (C=O) groups excluding carboxylic acids is 2. The first-order valence-corrected chi connectivity index (χ1v) is 10.1. The van der Waals surface area contributed by atoms with E-state index in [0.29, 0.717) is 38.2 Å². The molecule has 1 fully saturated rings. The Morgan fingerprint density at radius 3 is 2.34 bits per heavy atom. The number of para-hydroxylation sites is 1. The number of nitrogens with zero attached hydrogens (tertiary/aromatic N) is 5. The van der Waals surface area contributed by atoms with E-state index < -0.39 is 0 Å². The van der Waals surface area contributed by atoms with E-state index in [0.717, 1.165) is 24.2 Å². The van der Waals surface area contributed by atoms with Crippen LogP contribution in [0.2, 0.25) is 0 Å². The summed E-state index contributed by atoms with van der Waals surface area (Å²) in [5.74, 6) is 0.0504. The van der Waals surface area contributed by atoms with Gasteiger partial charge in [0.1, 0.15) is 0 Å². The smallest absolute Gasteiger partial charge is 0.319 e. The number of hydrogen-bond donors (Lipinski definition) is 0. The van der Waals surface area contributed by atoms with Crippen LogP contribution < -0.4 is 4.90 Å². The van der Waals surface area contributed by atoms with Crippen molar-refractivity contribution in [1.29, 1.82) is 0 Å². The number of anilines is 1. The Kier molecular flexibility index (Phi) is 5.38. The van der Waals surface area contributed by atoms with Crippen molar-refractivity contribution < 1.29 is 9.59 Å². The maximum atomic E-state index is 13.2. The van der Waals surface area contributed by atoms with Gasteiger partial charge in [-0.1, -0.05) is 18.2 Å². The Morgan fingerprint density at radius 2 is 1.66 bits per heavy atom. The predicted molar refractivity (Wildman–Crippen MR) is 112 cm³/mol. The Hall–Kier alpha value is -3.09. The fourth-order valence-corrected chi connectivity index (χ4v) is 4.10. The quantitative estimate of drug-likeness (QED) is 0.784. The standard InChI is InChI=1S/C22H27N5O2/c1-24(2)22(29)27-9-8-19-17(16-27)14-23-15-20(19)21(28)26-12-10-25(11-13-26)18-6-4-3-5-7-18/h3-7,14-15H,8-13,16H2,1-2H3. The summed E-state index contributed by atoms with van der Waals surface area (Å²) in [6, 6.07) is 10.3. The molecule has 0 atom stereocenters. The first-order chi connectivity index (χ1) is 14.0. The van der Waals surface area contributed by atoms with Crippen molar-refractivity contribution in [3.05, 3.63) is 59.4 Å². The van der Waals surface area contributed by atoms with Gasteiger partial charge >= 0.3 is 6.03 Å². The zero-order valence-electron chi connectivity index (χ0n) is 17.0. The van der Waals surface area contributed by atoms with Crippen molar-refractivity contribution in [3.63, 3.8) is 0 Å². The van der Waals surface area contributed by atoms with Crippen LogP contribution in [0.4, 0.5) is 10.5 Å². The zero-order valence-corrected chi connectivity index (χ0v) is 17.0. The lowest BCUT2D eigenvalue weighted by Crippen LogP contribution is -2.49. The number of piperazine rings is 1. The van der Waals surface area contributed by atoms with Gasteiger partial charge in [0, 0.05) is 71.4 Å². The Bertz CT molecular complexity index is 891. The minimum absolute atomic E-state index is 0.00980. The van der Waals surface area contributed by atoms with Crippen LogP contribution in [0.25, 0.3) is 0 Å². The molecule has 2 aromatic rings. The fourth-order valence-electron chi connectivity index (χ4n) is 4.10. The van der Waals surface area contributed by atoms with E-state index in [9.17, 15) is 9.59 Å². The molecule has 7 nitrogen and oxygen atoms in total. The van der Waals surface area contributed by atoms with Crippen LogP contribution in [-0.4, -0.2) is 78.4 Å². The highest BCUT2D eigenvalue weighted by Crippen LogP contribution is 2.24. The number of benzene rings is 1. The molecular weight excluding hydrogens is 366 g/mol. The largest absolute Gasteiger partial charge is 0.368 e. The van der Waals surface area contributed by atoms with Crippen molar-refractivity contribution in [2.75, 3.05) is 51.7 Å². The summed E-state index contributed by atoms with van der Waals surface area (Å²) < 4.78 is 0. The molecule has 0 aliphatic carbocycles. The van der Waals surface area contributed by atoms with Gasteiger partial charge in [0.25, 0.3) is 5.91 Å². The van der Waals surface area contributed by atoms with Crippen LogP contribution in [-0.2, 0) is 13.0 Å². The highest BCUT2D eigenvalue weighted by Gasteiger charge is 2.29. The molecule has 29 heavy (non-hydrogen) atoms. The first kappa shape index (κ1) is 19.2. The average Bonchev–Trinajstić information content (AvgIpc) is 2.78. The molecule has 0 radical (unpaired) electrons. The Balaban J connectivity index is 1.46. The predicted octanol–water partition coefficient (Wildman–Crippen LogP) is 2.08. The van der Waals surface area contributed by atoms with Gasteiger partial charge in [-0.05, 0) is 29.7 Å². The van der Waals surface area contributed by atoms with Gasteiger partial charge in [-0.15, -0.1) is 0 Å². The third kappa shape index (κ3) is 3.90. The molecule has 1 aromatic carbocycles. The van der Waals surface area contributed by atoms with Gasteiger partial charge in [0.2, 0.25) is 0 Å². The van der Waals surface area contributed by atoms with Gasteiger partial charge < -0.3 is 19.6 Å². The maximum absolute atomic E-state index is 13.2. The summed E-state index contributed by atoms with van der Waals surface area (Å²) in [5.41, 5.74) is 3.90. The second-order valence-corrected chi connectivity index (χ2v) is 7.79. The van der Waals surface area contributed by atoms with Gasteiger partial charge in [-0.25, -0.2) is 4.79 Å². The molecule has 2 aliphatic heterocycles. The van der Waals surface area contributed by atoms with Crippen molar-refractivity contribution in [2.45, 2.75) is 13.0 Å². The highest BCUT2D eigenvalue weighted by atomic mass is 16.2. The first-order valence-electron chi connectivity index (χ1n) is 10.1. The number of carbonyl (C=O) groups is 2. The average molecular weight is 393 g/mol. The SMILES string of the molecule is CN(C)C(=O)N1CCc2c(cncc2C(=O)N2CCN(c3ccccc3)CC2)C1. The molecule has 2 aliphatic rings. The lowest BCUT2D eigenvalue weighted by molar-refractivity contribution is 0.0744. The number of pyridine rings is 1. The van der Waals surface area contributed by atoms with Crippen molar-refractivity contribution in [1.82, 2.24) is 19.7 Å². The number of hydrogen-bond acceptors (Lipinski definition) is 4. The lowest BCUT2D eigenvalue weighted by atomic mass is 9.96. The molecule has 0 bridgehead atoms. The summed E-state index contributed by atoms with van der Waals surface area (Å²) in [7, 11) is 3.51. The molecule has 0 N–H and O–H groups in total. The maximum Gasteiger partial charge on any atom is 0.319 e. The van der Waals surface area contributed by atoms with E-state index in [1.807, 2.05) is 23.1 Å². The van der Waals surface area contributed by atoms with E-state index in [4.69, 9.17) is 0 Å². The Labute approximate surface area is 171 Å². The van der Waals surface area contributed by atoms with Crippen LogP contribution in [0.5, 0.6) is 0 Å². The number of amides is 3. The van der Waals surface area contributed by atoms with Gasteiger partial charge in [-0.3, -0.25) is 9.78 Å². The van der Waals surface area contributed by atoms with Crippen molar-refractivity contribution in [3.8, 4) is 0 Å². The third-order valence-corrected chi connectivity index (χ3v) is 5.71. The molecule has 0 saturated carbocycles. The second kappa shape index (κ2) is 8.11. The van der Waals surface area contributed by atoms with Crippen LogP contribution >= 0.6 is 0 Å². The van der Waals surface area contributed by atoms with Crippen LogP contribution in [0.3, 0.4) is 0 Å².